The van der Waals surface area contributed by atoms with Crippen LogP contribution in [0.2, 0.25) is 0 Å². The van der Waals surface area contributed by atoms with Crippen molar-refractivity contribution < 1.29 is 28.4 Å². The lowest BCUT2D eigenvalue weighted by Gasteiger charge is -2.19. The second-order valence-corrected chi connectivity index (χ2v) is 6.86. The Morgan fingerprint density at radius 2 is 1.93 bits per heavy atom. The Morgan fingerprint density at radius 1 is 1.28 bits per heavy atom. The summed E-state index contributed by atoms with van der Waals surface area (Å²) in [5.74, 6) is -2.27. The van der Waals surface area contributed by atoms with Crippen LogP contribution in [0.4, 0.5) is 10.1 Å². The van der Waals surface area contributed by atoms with Gasteiger partial charge in [-0.15, -0.1) is 5.10 Å². The van der Waals surface area contributed by atoms with Gasteiger partial charge in [0.15, 0.2) is 0 Å². The third-order valence-corrected chi connectivity index (χ3v) is 4.29. The first-order chi connectivity index (χ1) is 13.7. The number of nitro groups is 1. The molecule has 0 fully saturated rings. The van der Waals surface area contributed by atoms with Crippen molar-refractivity contribution in [2.24, 2.45) is 5.10 Å². The number of amides is 1. The van der Waals surface area contributed by atoms with Gasteiger partial charge in [0.25, 0.3) is 0 Å². The number of hydrogen-bond donors (Lipinski definition) is 0. The molecule has 1 amide bonds. The van der Waals surface area contributed by atoms with Crippen LogP contribution >= 0.6 is 15.9 Å². The fourth-order valence-corrected chi connectivity index (χ4v) is 3.09. The Hall–Kier alpha value is -3.34. The van der Waals surface area contributed by atoms with Crippen LogP contribution in [0.5, 0.6) is 5.75 Å². The van der Waals surface area contributed by atoms with E-state index in [0.717, 1.165) is 18.0 Å². The molecule has 11 heteroatoms. The van der Waals surface area contributed by atoms with Crippen LogP contribution in [0.15, 0.2) is 46.0 Å². The molecule has 2 aromatic rings. The maximum absolute atomic E-state index is 13.2. The summed E-state index contributed by atoms with van der Waals surface area (Å²) < 4.78 is 24.3. The van der Waals surface area contributed by atoms with Gasteiger partial charge in [-0.25, -0.2) is 4.39 Å². The van der Waals surface area contributed by atoms with E-state index in [9.17, 15) is 24.1 Å². The number of halogens is 2. The number of ether oxygens (including phenoxy) is 2. The average molecular weight is 466 g/mol. The van der Waals surface area contributed by atoms with Gasteiger partial charge < -0.3 is 9.47 Å². The van der Waals surface area contributed by atoms with Crippen molar-refractivity contribution in [2.75, 3.05) is 0 Å². The molecular weight excluding hydrogens is 453 g/mol. The van der Waals surface area contributed by atoms with E-state index >= 15 is 0 Å². The highest BCUT2D eigenvalue weighted by Gasteiger charge is 2.36. The normalized spacial score (nSPS) is 15.5. The maximum Gasteiger partial charge on any atom is 0.313 e. The quantitative estimate of drug-likeness (QED) is 0.294. The number of benzene rings is 2. The molecule has 3 rings (SSSR count). The third kappa shape index (κ3) is 4.24. The summed E-state index contributed by atoms with van der Waals surface area (Å²) in [7, 11) is 0. The minimum Gasteiger partial charge on any atom is -0.446 e. The zero-order chi connectivity index (χ0) is 21.3. The van der Waals surface area contributed by atoms with Gasteiger partial charge in [0.05, 0.1) is 10.5 Å². The molecule has 1 heterocycles. The van der Waals surface area contributed by atoms with Gasteiger partial charge in [0.1, 0.15) is 5.82 Å². The molecule has 1 atom stereocenters. The van der Waals surface area contributed by atoms with E-state index in [0.29, 0.717) is 10.0 Å². The Kier molecular flexibility index (Phi) is 5.59. The Balaban J connectivity index is 2.11. The van der Waals surface area contributed by atoms with E-state index in [4.69, 9.17) is 9.47 Å². The van der Waals surface area contributed by atoms with Gasteiger partial charge in [-0.2, -0.15) is 5.01 Å². The number of nitro benzene ring substituents is 1. The van der Waals surface area contributed by atoms with Crippen molar-refractivity contribution in [3.8, 4) is 5.75 Å². The molecule has 29 heavy (non-hydrogen) atoms. The topological polar surface area (TPSA) is 111 Å². The summed E-state index contributed by atoms with van der Waals surface area (Å²) in [6, 6.07) is 7.81. The van der Waals surface area contributed by atoms with Crippen LogP contribution in [-0.4, -0.2) is 27.7 Å². The molecule has 0 aromatic heterocycles. The molecule has 2 aromatic carbocycles. The lowest BCUT2D eigenvalue weighted by Crippen LogP contribution is -2.25. The van der Waals surface area contributed by atoms with Crippen LogP contribution in [-0.2, 0) is 14.3 Å². The first-order valence-corrected chi connectivity index (χ1v) is 8.94. The maximum atomic E-state index is 13.2. The smallest absolute Gasteiger partial charge is 0.313 e. The molecule has 0 saturated heterocycles. The highest BCUT2D eigenvalue weighted by atomic mass is 79.9. The van der Waals surface area contributed by atoms with Gasteiger partial charge in [0, 0.05) is 30.0 Å². The largest absolute Gasteiger partial charge is 0.446 e. The lowest BCUT2D eigenvalue weighted by molar-refractivity contribution is -0.385. The summed E-state index contributed by atoms with van der Waals surface area (Å²) in [5.41, 5.74) is -0.0634. The molecule has 0 aliphatic carbocycles. The molecule has 9 nitrogen and oxygen atoms in total. The summed E-state index contributed by atoms with van der Waals surface area (Å²) in [6.45, 7) is 2.35. The highest BCUT2D eigenvalue weighted by Crippen LogP contribution is 2.39. The van der Waals surface area contributed by atoms with Crippen LogP contribution < -0.4 is 4.74 Å². The fraction of sp³-hybridized carbons (Fsp3) is 0.167. The Labute approximate surface area is 172 Å². The molecule has 0 radical (unpaired) electrons. The van der Waals surface area contributed by atoms with Gasteiger partial charge in [-0.1, -0.05) is 28.1 Å². The molecular formula is C18H13BrFN3O6. The van der Waals surface area contributed by atoms with E-state index in [1.165, 1.54) is 37.3 Å². The lowest BCUT2D eigenvalue weighted by atomic mass is 10.1. The average Bonchev–Trinajstić information content (AvgIpc) is 3.08. The molecule has 0 bridgehead atoms. The van der Waals surface area contributed by atoms with Crippen LogP contribution in [0, 0.1) is 15.9 Å². The van der Waals surface area contributed by atoms with E-state index in [1.54, 1.807) is 0 Å². The van der Waals surface area contributed by atoms with Gasteiger partial charge in [-0.05, 0) is 18.2 Å². The fourth-order valence-electron chi connectivity index (χ4n) is 2.64. The Morgan fingerprint density at radius 3 is 2.48 bits per heavy atom. The first-order valence-electron chi connectivity index (χ1n) is 8.14. The van der Waals surface area contributed by atoms with Crippen molar-refractivity contribution in [3.05, 3.63) is 67.9 Å². The summed E-state index contributed by atoms with van der Waals surface area (Å²) in [5, 5.41) is 16.5. The summed E-state index contributed by atoms with van der Waals surface area (Å²) in [4.78, 5) is 34.2. The number of carbonyl (C=O) groups is 2. The molecule has 0 unspecified atom stereocenters. The van der Waals surface area contributed by atoms with E-state index in [-0.39, 0.29) is 17.2 Å². The third-order valence-electron chi connectivity index (χ3n) is 3.83. The number of carbonyl (C=O) groups excluding carboxylic acids is 2. The van der Waals surface area contributed by atoms with Crippen molar-refractivity contribution in [1.82, 2.24) is 5.01 Å². The Bertz CT molecular complexity index is 1040. The number of esters is 1. The van der Waals surface area contributed by atoms with Crippen molar-refractivity contribution in [1.29, 1.82) is 0 Å². The van der Waals surface area contributed by atoms with Gasteiger partial charge in [0.2, 0.25) is 23.8 Å². The number of hydrazone groups is 1. The van der Waals surface area contributed by atoms with Crippen LogP contribution in [0.3, 0.4) is 0 Å². The predicted molar refractivity (Wildman–Crippen MR) is 101 cm³/mol. The SMILES string of the molecule is CC(=O)Oc1c(C2=NN(C(C)=O)[C@@H](c3ccc(F)cc3)O2)cc(Br)cc1[N+](=O)[O-]. The number of nitrogens with zero attached hydrogens (tertiary/aromatic N) is 3. The summed E-state index contributed by atoms with van der Waals surface area (Å²) in [6.07, 6.45) is -1.02. The molecule has 0 saturated carbocycles. The molecule has 0 N–H and O–H groups in total. The standard InChI is InChI=1S/C18H13BrFN3O6/c1-9(24)22-18(11-3-5-13(20)6-4-11)29-17(21-22)14-7-12(19)8-15(23(26)27)16(14)28-10(2)25/h3-8,18H,1-2H3/t18-/m1/s1. The molecule has 1 aliphatic rings. The summed E-state index contributed by atoms with van der Waals surface area (Å²) >= 11 is 3.16. The van der Waals surface area contributed by atoms with Gasteiger partial charge in [-0.3, -0.25) is 19.7 Å². The van der Waals surface area contributed by atoms with Crippen molar-refractivity contribution in [2.45, 2.75) is 20.1 Å². The zero-order valence-corrected chi connectivity index (χ0v) is 16.7. The second kappa shape index (κ2) is 7.95. The highest BCUT2D eigenvalue weighted by molar-refractivity contribution is 9.10. The van der Waals surface area contributed by atoms with Gasteiger partial charge >= 0.3 is 11.7 Å². The van der Waals surface area contributed by atoms with E-state index in [1.807, 2.05) is 0 Å². The predicted octanol–water partition coefficient (Wildman–Crippen LogP) is 3.66. The molecule has 0 spiro atoms. The van der Waals surface area contributed by atoms with Crippen molar-refractivity contribution in [3.63, 3.8) is 0 Å². The zero-order valence-electron chi connectivity index (χ0n) is 15.1. The van der Waals surface area contributed by atoms with E-state index < -0.39 is 34.5 Å². The van der Waals surface area contributed by atoms with Crippen molar-refractivity contribution >= 4 is 39.4 Å². The minimum absolute atomic E-state index is 0.00265. The first kappa shape index (κ1) is 20.4. The molecule has 1 aliphatic heterocycles. The monoisotopic (exact) mass is 465 g/mol. The van der Waals surface area contributed by atoms with Crippen LogP contribution in [0.1, 0.15) is 31.2 Å². The molecule has 150 valence electrons. The van der Waals surface area contributed by atoms with Crippen LogP contribution in [0.25, 0.3) is 0 Å². The second-order valence-electron chi connectivity index (χ2n) is 5.94. The number of hydrogen-bond acceptors (Lipinski definition) is 7. The minimum atomic E-state index is -1.02. The van der Waals surface area contributed by atoms with E-state index in [2.05, 4.69) is 21.0 Å². The number of rotatable bonds is 4.